The van der Waals surface area contributed by atoms with Crippen LogP contribution in [-0.2, 0) is 4.79 Å². The second-order valence-corrected chi connectivity index (χ2v) is 6.93. The molecule has 2 aromatic rings. The molecular formula is C19H25N3O3. The zero-order valence-corrected chi connectivity index (χ0v) is 14.4. The lowest BCUT2D eigenvalue weighted by Gasteiger charge is -2.21. The third kappa shape index (κ3) is 5.11. The number of hydrogen-bond acceptors (Lipinski definition) is 5. The SMILES string of the molecule is O=C(O)C[C@H](CCCC1CCCCC1)c1nc(-c2cccnc2)no1. The van der Waals surface area contributed by atoms with Crippen molar-refractivity contribution in [3.63, 3.8) is 0 Å². The molecule has 1 fully saturated rings. The monoisotopic (exact) mass is 343 g/mol. The van der Waals surface area contributed by atoms with Crippen LogP contribution >= 0.6 is 0 Å². The van der Waals surface area contributed by atoms with Gasteiger partial charge in [-0.25, -0.2) is 0 Å². The van der Waals surface area contributed by atoms with E-state index in [4.69, 9.17) is 4.52 Å². The zero-order valence-electron chi connectivity index (χ0n) is 14.4. The summed E-state index contributed by atoms with van der Waals surface area (Å²) >= 11 is 0. The largest absolute Gasteiger partial charge is 0.481 e. The summed E-state index contributed by atoms with van der Waals surface area (Å²) in [4.78, 5) is 19.7. The van der Waals surface area contributed by atoms with Gasteiger partial charge in [-0.15, -0.1) is 0 Å². The van der Waals surface area contributed by atoms with E-state index in [1.165, 1.54) is 38.5 Å². The van der Waals surface area contributed by atoms with Crippen LogP contribution < -0.4 is 0 Å². The first kappa shape index (κ1) is 17.6. The van der Waals surface area contributed by atoms with Gasteiger partial charge in [-0.3, -0.25) is 9.78 Å². The molecule has 25 heavy (non-hydrogen) atoms. The van der Waals surface area contributed by atoms with Crippen molar-refractivity contribution in [1.29, 1.82) is 0 Å². The average Bonchev–Trinajstić information content (AvgIpc) is 3.12. The molecule has 0 bridgehead atoms. The summed E-state index contributed by atoms with van der Waals surface area (Å²) in [5.74, 6) is 0.631. The summed E-state index contributed by atoms with van der Waals surface area (Å²) in [5, 5.41) is 13.2. The minimum absolute atomic E-state index is 0.0271. The van der Waals surface area contributed by atoms with Crippen LogP contribution in [-0.4, -0.2) is 26.2 Å². The Hall–Kier alpha value is -2.24. The summed E-state index contributed by atoms with van der Waals surface area (Å²) in [7, 11) is 0. The van der Waals surface area contributed by atoms with E-state index in [-0.39, 0.29) is 12.3 Å². The molecule has 1 atom stereocenters. The molecule has 1 aliphatic carbocycles. The van der Waals surface area contributed by atoms with Crippen LogP contribution in [0.5, 0.6) is 0 Å². The number of hydrogen-bond donors (Lipinski definition) is 1. The first-order valence-electron chi connectivity index (χ1n) is 9.18. The molecule has 2 heterocycles. The zero-order chi connectivity index (χ0) is 17.5. The number of nitrogens with zero attached hydrogens (tertiary/aromatic N) is 3. The number of carboxylic acid groups (broad SMARTS) is 1. The third-order valence-corrected chi connectivity index (χ3v) is 5.02. The summed E-state index contributed by atoms with van der Waals surface area (Å²) in [6.45, 7) is 0. The van der Waals surface area contributed by atoms with E-state index >= 15 is 0 Å². The standard InChI is InChI=1S/C19H25N3O3/c23-17(24)12-15(9-4-8-14-6-2-1-3-7-14)19-21-18(22-25-19)16-10-5-11-20-13-16/h5,10-11,13-15H,1-4,6-9,12H2,(H,23,24)/t15-/m0/s1. The van der Waals surface area contributed by atoms with Gasteiger partial charge in [0.25, 0.3) is 0 Å². The number of aliphatic carboxylic acids is 1. The molecule has 0 spiro atoms. The van der Waals surface area contributed by atoms with Crippen molar-refractivity contribution in [3.05, 3.63) is 30.4 Å². The summed E-state index contributed by atoms with van der Waals surface area (Å²) in [5.41, 5.74) is 0.772. The van der Waals surface area contributed by atoms with Crippen LogP contribution in [0.2, 0.25) is 0 Å². The quantitative estimate of drug-likeness (QED) is 0.762. The normalized spacial score (nSPS) is 16.6. The Labute approximate surface area is 147 Å². The second kappa shape index (κ2) is 8.74. The molecule has 134 valence electrons. The van der Waals surface area contributed by atoms with E-state index in [1.54, 1.807) is 12.4 Å². The highest BCUT2D eigenvalue weighted by molar-refractivity contribution is 5.67. The maximum Gasteiger partial charge on any atom is 0.304 e. The van der Waals surface area contributed by atoms with Crippen molar-refractivity contribution in [2.45, 2.75) is 63.7 Å². The van der Waals surface area contributed by atoms with Crippen molar-refractivity contribution in [2.24, 2.45) is 5.92 Å². The van der Waals surface area contributed by atoms with Gasteiger partial charge in [0.15, 0.2) is 0 Å². The van der Waals surface area contributed by atoms with Crippen molar-refractivity contribution in [2.75, 3.05) is 0 Å². The van der Waals surface area contributed by atoms with E-state index < -0.39 is 5.97 Å². The Bertz CT molecular complexity index is 666. The topological polar surface area (TPSA) is 89.1 Å². The number of carboxylic acids is 1. The lowest BCUT2D eigenvalue weighted by Crippen LogP contribution is -2.09. The van der Waals surface area contributed by atoms with E-state index in [0.717, 1.165) is 24.3 Å². The van der Waals surface area contributed by atoms with Crippen LogP contribution in [0.15, 0.2) is 29.0 Å². The predicted octanol–water partition coefficient (Wildman–Crippen LogP) is 4.44. The van der Waals surface area contributed by atoms with E-state index in [1.807, 2.05) is 12.1 Å². The average molecular weight is 343 g/mol. The minimum Gasteiger partial charge on any atom is -0.481 e. The van der Waals surface area contributed by atoms with Crippen molar-refractivity contribution >= 4 is 5.97 Å². The number of carbonyl (C=O) groups is 1. The molecule has 0 amide bonds. The fourth-order valence-electron chi connectivity index (χ4n) is 3.67. The number of aromatic nitrogens is 3. The number of rotatable bonds is 8. The van der Waals surface area contributed by atoms with Gasteiger partial charge in [-0.2, -0.15) is 4.98 Å². The van der Waals surface area contributed by atoms with Crippen LogP contribution in [0.1, 0.15) is 69.6 Å². The van der Waals surface area contributed by atoms with Crippen molar-refractivity contribution in [3.8, 4) is 11.4 Å². The molecule has 3 rings (SSSR count). The maximum atomic E-state index is 11.2. The van der Waals surface area contributed by atoms with Gasteiger partial charge in [0.2, 0.25) is 11.7 Å². The Morgan fingerprint density at radius 1 is 1.32 bits per heavy atom. The van der Waals surface area contributed by atoms with E-state index in [0.29, 0.717) is 11.7 Å². The third-order valence-electron chi connectivity index (χ3n) is 5.02. The molecule has 0 aliphatic heterocycles. The predicted molar refractivity (Wildman–Crippen MR) is 92.9 cm³/mol. The van der Waals surface area contributed by atoms with Crippen molar-refractivity contribution in [1.82, 2.24) is 15.1 Å². The van der Waals surface area contributed by atoms with Gasteiger partial charge >= 0.3 is 5.97 Å². The van der Waals surface area contributed by atoms with Crippen LogP contribution in [0.3, 0.4) is 0 Å². The molecule has 0 aromatic carbocycles. The molecule has 2 aromatic heterocycles. The first-order chi connectivity index (χ1) is 12.2. The van der Waals surface area contributed by atoms with E-state index in [9.17, 15) is 9.90 Å². The molecule has 0 saturated heterocycles. The van der Waals surface area contributed by atoms with E-state index in [2.05, 4.69) is 15.1 Å². The Balaban J connectivity index is 1.62. The Morgan fingerprint density at radius 3 is 2.88 bits per heavy atom. The molecule has 6 nitrogen and oxygen atoms in total. The highest BCUT2D eigenvalue weighted by Crippen LogP contribution is 2.31. The highest BCUT2D eigenvalue weighted by atomic mass is 16.5. The summed E-state index contributed by atoms with van der Waals surface area (Å²) in [6.07, 6.45) is 13.0. The summed E-state index contributed by atoms with van der Waals surface area (Å²) in [6, 6.07) is 3.67. The molecule has 1 N–H and O–H groups in total. The van der Waals surface area contributed by atoms with Gasteiger partial charge in [-0.1, -0.05) is 50.1 Å². The fraction of sp³-hybridized carbons (Fsp3) is 0.579. The first-order valence-corrected chi connectivity index (χ1v) is 9.18. The molecular weight excluding hydrogens is 318 g/mol. The number of pyridine rings is 1. The molecule has 1 aliphatic rings. The smallest absolute Gasteiger partial charge is 0.304 e. The Morgan fingerprint density at radius 2 is 2.16 bits per heavy atom. The highest BCUT2D eigenvalue weighted by Gasteiger charge is 2.23. The lowest BCUT2D eigenvalue weighted by molar-refractivity contribution is -0.137. The molecule has 6 heteroatoms. The van der Waals surface area contributed by atoms with Gasteiger partial charge in [-0.05, 0) is 24.5 Å². The van der Waals surface area contributed by atoms with Crippen LogP contribution in [0.25, 0.3) is 11.4 Å². The lowest BCUT2D eigenvalue weighted by atomic mass is 9.84. The van der Waals surface area contributed by atoms with Crippen molar-refractivity contribution < 1.29 is 14.4 Å². The van der Waals surface area contributed by atoms with Gasteiger partial charge in [0.1, 0.15) is 0 Å². The molecule has 1 saturated carbocycles. The Kier molecular flexibility index (Phi) is 6.14. The molecule has 0 radical (unpaired) electrons. The van der Waals surface area contributed by atoms with Gasteiger partial charge < -0.3 is 9.63 Å². The fourth-order valence-corrected chi connectivity index (χ4v) is 3.67. The van der Waals surface area contributed by atoms with Crippen LogP contribution in [0.4, 0.5) is 0 Å². The van der Waals surface area contributed by atoms with Gasteiger partial charge in [0, 0.05) is 23.9 Å². The molecule has 0 unspecified atom stereocenters. The maximum absolute atomic E-state index is 11.2. The minimum atomic E-state index is -0.830. The second-order valence-electron chi connectivity index (χ2n) is 6.93. The van der Waals surface area contributed by atoms with Crippen LogP contribution in [0, 0.1) is 5.92 Å². The van der Waals surface area contributed by atoms with Gasteiger partial charge in [0.05, 0.1) is 6.42 Å². The summed E-state index contributed by atoms with van der Waals surface area (Å²) < 4.78 is 5.37.